The van der Waals surface area contributed by atoms with Gasteiger partial charge in [0.25, 0.3) is 0 Å². The molecule has 1 unspecified atom stereocenters. The fourth-order valence-electron chi connectivity index (χ4n) is 4.74. The number of likely N-dealkylation sites (N-methyl/N-ethyl adjacent to an activating group) is 1. The molecule has 2 fully saturated rings. The van der Waals surface area contributed by atoms with E-state index in [-0.39, 0.29) is 17.3 Å². The van der Waals surface area contributed by atoms with Crippen LogP contribution in [0.4, 0.5) is 4.39 Å². The highest BCUT2D eigenvalue weighted by Gasteiger charge is 2.40. The zero-order valence-corrected chi connectivity index (χ0v) is 15.3. The average molecular weight is 358 g/mol. The monoisotopic (exact) mass is 358 g/mol. The third kappa shape index (κ3) is 3.68. The van der Waals surface area contributed by atoms with Crippen molar-refractivity contribution >= 4 is 0 Å². The van der Waals surface area contributed by atoms with Gasteiger partial charge in [-0.25, -0.2) is 4.39 Å². The van der Waals surface area contributed by atoms with Gasteiger partial charge in [0.05, 0.1) is 18.0 Å². The smallest absolute Gasteiger partial charge is 0.123 e. The molecule has 5 nitrogen and oxygen atoms in total. The Morgan fingerprint density at radius 1 is 1.35 bits per heavy atom. The molecule has 2 aliphatic rings. The highest BCUT2D eigenvalue weighted by atomic mass is 19.1. The van der Waals surface area contributed by atoms with E-state index in [4.69, 9.17) is 0 Å². The zero-order valence-electron chi connectivity index (χ0n) is 15.3. The Balaban J connectivity index is 1.42. The molecule has 1 spiro atoms. The van der Waals surface area contributed by atoms with Gasteiger partial charge in [0.15, 0.2) is 0 Å². The molecular weight excluding hydrogens is 331 g/mol. The van der Waals surface area contributed by atoms with Crippen LogP contribution in [0.3, 0.4) is 0 Å². The first-order valence-electron chi connectivity index (χ1n) is 9.40. The number of aliphatic hydroxyl groups excluding tert-OH is 1. The Hall–Kier alpha value is -1.76. The molecule has 0 aliphatic carbocycles. The molecule has 2 saturated heterocycles. The van der Waals surface area contributed by atoms with Gasteiger partial charge in [-0.05, 0) is 56.9 Å². The lowest BCUT2D eigenvalue weighted by Crippen LogP contribution is -2.52. The van der Waals surface area contributed by atoms with Gasteiger partial charge in [0.2, 0.25) is 0 Å². The number of nitrogens with zero attached hydrogens (tertiary/aromatic N) is 3. The molecule has 0 amide bonds. The maximum atomic E-state index is 13.5. The van der Waals surface area contributed by atoms with E-state index in [0.717, 1.165) is 68.8 Å². The van der Waals surface area contributed by atoms with Crippen molar-refractivity contribution in [1.82, 2.24) is 20.0 Å². The summed E-state index contributed by atoms with van der Waals surface area (Å²) in [4.78, 5) is 4.71. The van der Waals surface area contributed by atoms with Gasteiger partial charge in [-0.3, -0.25) is 10.00 Å². The van der Waals surface area contributed by atoms with Crippen molar-refractivity contribution in [3.63, 3.8) is 0 Å². The molecule has 1 aromatic carbocycles. The second-order valence-electron chi connectivity index (χ2n) is 8.11. The van der Waals surface area contributed by atoms with Crippen LogP contribution in [0.2, 0.25) is 0 Å². The van der Waals surface area contributed by atoms with Gasteiger partial charge in [-0.15, -0.1) is 0 Å². The number of aliphatic hydroxyl groups is 1. The van der Waals surface area contributed by atoms with E-state index in [1.807, 2.05) is 12.3 Å². The second-order valence-corrected chi connectivity index (χ2v) is 8.11. The SMILES string of the molecule is CN1CC(O)CC2(CCN(Cc3cn[nH]c3-c3cccc(F)c3)CC2)C1. The predicted octanol–water partition coefficient (Wildman–Crippen LogP) is 2.49. The van der Waals surface area contributed by atoms with Gasteiger partial charge < -0.3 is 10.0 Å². The molecule has 1 atom stereocenters. The molecule has 6 heteroatoms. The lowest BCUT2D eigenvalue weighted by molar-refractivity contribution is -0.0330. The van der Waals surface area contributed by atoms with Crippen LogP contribution in [0.1, 0.15) is 24.8 Å². The van der Waals surface area contributed by atoms with E-state index in [2.05, 4.69) is 27.0 Å². The molecule has 2 N–H and O–H groups in total. The first-order chi connectivity index (χ1) is 12.5. The summed E-state index contributed by atoms with van der Waals surface area (Å²) in [5.74, 6) is -0.233. The maximum absolute atomic E-state index is 13.5. The fourth-order valence-corrected chi connectivity index (χ4v) is 4.74. The van der Waals surface area contributed by atoms with Gasteiger partial charge in [0, 0.05) is 30.8 Å². The van der Waals surface area contributed by atoms with Crippen LogP contribution in [0, 0.1) is 11.2 Å². The zero-order chi connectivity index (χ0) is 18.1. The molecule has 1 aromatic heterocycles. The van der Waals surface area contributed by atoms with E-state index in [9.17, 15) is 9.50 Å². The minimum Gasteiger partial charge on any atom is -0.392 e. The van der Waals surface area contributed by atoms with E-state index in [0.29, 0.717) is 0 Å². The first kappa shape index (κ1) is 17.6. The summed E-state index contributed by atoms with van der Waals surface area (Å²) in [7, 11) is 2.10. The van der Waals surface area contributed by atoms with Gasteiger partial charge in [-0.2, -0.15) is 5.10 Å². The minimum atomic E-state index is -0.233. The van der Waals surface area contributed by atoms with E-state index in [1.165, 1.54) is 6.07 Å². The third-order valence-corrected chi connectivity index (χ3v) is 5.94. The van der Waals surface area contributed by atoms with Gasteiger partial charge >= 0.3 is 0 Å². The molecule has 4 rings (SSSR count). The number of aromatic nitrogens is 2. The van der Waals surface area contributed by atoms with Crippen molar-refractivity contribution in [1.29, 1.82) is 0 Å². The molecule has 3 heterocycles. The molecule has 2 aliphatic heterocycles. The molecule has 140 valence electrons. The number of piperidine rings is 2. The third-order valence-electron chi connectivity index (χ3n) is 5.94. The summed E-state index contributed by atoms with van der Waals surface area (Å²) in [5.41, 5.74) is 3.10. The molecule has 26 heavy (non-hydrogen) atoms. The number of likely N-dealkylation sites (tertiary alicyclic amines) is 2. The normalized spacial score (nSPS) is 24.2. The van der Waals surface area contributed by atoms with Crippen LogP contribution >= 0.6 is 0 Å². The highest BCUT2D eigenvalue weighted by Crippen LogP contribution is 2.40. The van der Waals surface area contributed by atoms with Crippen LogP contribution in [0.5, 0.6) is 0 Å². The van der Waals surface area contributed by atoms with Crippen molar-refractivity contribution in [3.05, 3.63) is 41.8 Å². The summed E-state index contributed by atoms with van der Waals surface area (Å²) in [6.07, 6.45) is 4.80. The Labute approximate surface area is 153 Å². The number of rotatable bonds is 3. The van der Waals surface area contributed by atoms with Crippen LogP contribution in [-0.4, -0.2) is 64.4 Å². The summed E-state index contributed by atoms with van der Waals surface area (Å²) in [5, 5.41) is 17.4. The molecule has 0 bridgehead atoms. The molecule has 2 aromatic rings. The van der Waals surface area contributed by atoms with Crippen molar-refractivity contribution in [2.75, 3.05) is 33.2 Å². The van der Waals surface area contributed by atoms with Crippen LogP contribution in [0.15, 0.2) is 30.5 Å². The summed E-state index contributed by atoms with van der Waals surface area (Å²) < 4.78 is 13.5. The number of aromatic amines is 1. The lowest BCUT2D eigenvalue weighted by atomic mass is 9.71. The molecule has 0 radical (unpaired) electrons. The van der Waals surface area contributed by atoms with Crippen molar-refractivity contribution in [2.24, 2.45) is 5.41 Å². The summed E-state index contributed by atoms with van der Waals surface area (Å²) >= 11 is 0. The van der Waals surface area contributed by atoms with Gasteiger partial charge in [0.1, 0.15) is 5.82 Å². The molecular formula is C20H27FN4O. The van der Waals surface area contributed by atoms with E-state index < -0.39 is 0 Å². The minimum absolute atomic E-state index is 0.200. The number of benzene rings is 1. The Bertz CT molecular complexity index is 742. The Kier molecular flexibility index (Phi) is 4.82. The van der Waals surface area contributed by atoms with E-state index >= 15 is 0 Å². The number of halogens is 1. The number of H-pyrrole nitrogens is 1. The van der Waals surface area contributed by atoms with Crippen molar-refractivity contribution < 1.29 is 9.50 Å². The second kappa shape index (κ2) is 7.10. The predicted molar refractivity (Wildman–Crippen MR) is 99.0 cm³/mol. The van der Waals surface area contributed by atoms with Crippen LogP contribution in [0.25, 0.3) is 11.3 Å². The quantitative estimate of drug-likeness (QED) is 0.885. The average Bonchev–Trinajstić information content (AvgIpc) is 3.04. The lowest BCUT2D eigenvalue weighted by Gasteiger charge is -2.48. The number of β-amino-alcohol motifs (C(OH)–C–C–N with tert-alkyl or cyclic N) is 1. The largest absolute Gasteiger partial charge is 0.392 e. The summed E-state index contributed by atoms with van der Waals surface area (Å²) in [6, 6.07) is 6.63. The van der Waals surface area contributed by atoms with Crippen LogP contribution < -0.4 is 0 Å². The van der Waals surface area contributed by atoms with Gasteiger partial charge in [-0.1, -0.05) is 12.1 Å². The van der Waals surface area contributed by atoms with Crippen molar-refractivity contribution in [3.8, 4) is 11.3 Å². The maximum Gasteiger partial charge on any atom is 0.123 e. The summed E-state index contributed by atoms with van der Waals surface area (Å²) in [6.45, 7) is 4.73. The van der Waals surface area contributed by atoms with E-state index in [1.54, 1.807) is 12.1 Å². The van der Waals surface area contributed by atoms with Crippen LogP contribution in [-0.2, 0) is 6.54 Å². The van der Waals surface area contributed by atoms with Crippen molar-refractivity contribution in [2.45, 2.75) is 31.9 Å². The number of nitrogens with one attached hydrogen (secondary N) is 1. The standard InChI is InChI=1S/C20H27FN4O/c1-24-13-18(26)10-20(14-24)5-7-25(8-6-20)12-16-11-22-23-19(16)15-3-2-4-17(21)9-15/h2-4,9,11,18,26H,5-8,10,12-14H2,1H3,(H,22,23). The number of hydrogen-bond acceptors (Lipinski definition) is 4. The topological polar surface area (TPSA) is 55.4 Å². The fraction of sp³-hybridized carbons (Fsp3) is 0.550. The first-order valence-corrected chi connectivity index (χ1v) is 9.40. The highest BCUT2D eigenvalue weighted by molar-refractivity contribution is 5.62. The Morgan fingerprint density at radius 3 is 2.88 bits per heavy atom. The Morgan fingerprint density at radius 2 is 2.15 bits per heavy atom. The molecule has 0 saturated carbocycles. The number of hydrogen-bond donors (Lipinski definition) is 2.